The predicted octanol–water partition coefficient (Wildman–Crippen LogP) is 1.92. The van der Waals surface area contributed by atoms with E-state index in [0.717, 1.165) is 0 Å². The molecule has 0 fully saturated rings. The van der Waals surface area contributed by atoms with Crippen molar-refractivity contribution >= 4 is 62.7 Å². The molecule has 0 spiro atoms. The summed E-state index contributed by atoms with van der Waals surface area (Å²) < 4.78 is 46.2. The molecule has 3 aromatic carbocycles. The number of hydrogen-bond donors (Lipinski definition) is 1. The van der Waals surface area contributed by atoms with E-state index in [-0.39, 0.29) is 34.5 Å². The molecular formula is C18H16NaO4PS. The second-order valence-corrected chi connectivity index (χ2v) is 9.44. The zero-order chi connectivity index (χ0) is 17.2. The molecule has 0 aromatic heterocycles. The minimum atomic E-state index is -4.37. The summed E-state index contributed by atoms with van der Waals surface area (Å²) in [7, 11) is -7.62. The first-order valence-corrected chi connectivity index (χ1v) is 10.4. The van der Waals surface area contributed by atoms with Crippen LogP contribution < -0.4 is 15.9 Å². The molecule has 0 bridgehead atoms. The molecule has 0 aliphatic heterocycles. The van der Waals surface area contributed by atoms with Gasteiger partial charge in [-0.05, 0) is 12.1 Å². The Kier molecular flexibility index (Phi) is 6.44. The van der Waals surface area contributed by atoms with Crippen LogP contribution in [0.3, 0.4) is 0 Å². The van der Waals surface area contributed by atoms with Crippen molar-refractivity contribution < 1.29 is 17.5 Å². The maximum atomic E-state index is 14.0. The minimum absolute atomic E-state index is 0. The van der Waals surface area contributed by atoms with Gasteiger partial charge in [0.2, 0.25) is 0 Å². The molecule has 0 saturated carbocycles. The van der Waals surface area contributed by atoms with Crippen molar-refractivity contribution in [2.24, 2.45) is 0 Å². The third-order valence-electron chi connectivity index (χ3n) is 3.72. The molecule has 1 N–H and O–H groups in total. The summed E-state index contributed by atoms with van der Waals surface area (Å²) in [4.78, 5) is -0.271. The van der Waals surface area contributed by atoms with Crippen molar-refractivity contribution in [1.29, 1.82) is 0 Å². The fourth-order valence-electron chi connectivity index (χ4n) is 2.56. The van der Waals surface area contributed by atoms with Crippen LogP contribution in [0.4, 0.5) is 0 Å². The van der Waals surface area contributed by atoms with Gasteiger partial charge in [-0.1, -0.05) is 72.8 Å². The fraction of sp³-hybridized carbons (Fsp3) is 0. The van der Waals surface area contributed by atoms with Crippen LogP contribution in [-0.4, -0.2) is 42.5 Å². The molecule has 0 aliphatic rings. The molecule has 0 amide bonds. The first kappa shape index (κ1) is 20.1. The van der Waals surface area contributed by atoms with E-state index in [0.29, 0.717) is 15.9 Å². The van der Waals surface area contributed by atoms with Crippen molar-refractivity contribution in [3.05, 3.63) is 84.9 Å². The number of hydrogen-bond acceptors (Lipinski definition) is 3. The summed E-state index contributed by atoms with van der Waals surface area (Å²) in [5, 5.41) is 1.56. The fourth-order valence-corrected chi connectivity index (χ4v) is 5.87. The number of benzene rings is 3. The molecule has 4 nitrogen and oxygen atoms in total. The summed E-state index contributed by atoms with van der Waals surface area (Å²) in [6.45, 7) is 0. The standard InChI is InChI=1S/C18H15O4PS.Na.H/c19-23(15-8-3-1-4-9-15,16-10-5-2-6-11-16)17-12-7-13-18(14-17)24(20,21)22;;/h1-14H,(H,20,21,22);;. The van der Waals surface area contributed by atoms with Gasteiger partial charge in [-0.15, -0.1) is 0 Å². The van der Waals surface area contributed by atoms with Crippen molar-refractivity contribution in [3.63, 3.8) is 0 Å². The Balaban J connectivity index is 0.00000225. The Labute approximate surface area is 169 Å². The van der Waals surface area contributed by atoms with Gasteiger partial charge >= 0.3 is 29.6 Å². The van der Waals surface area contributed by atoms with E-state index in [1.807, 2.05) is 12.1 Å². The molecule has 0 heterocycles. The van der Waals surface area contributed by atoms with E-state index in [4.69, 9.17) is 0 Å². The molecule has 7 heteroatoms. The third-order valence-corrected chi connectivity index (χ3v) is 7.62. The van der Waals surface area contributed by atoms with Gasteiger partial charge in [-0.2, -0.15) is 8.42 Å². The average Bonchev–Trinajstić information content (AvgIpc) is 2.62. The number of rotatable bonds is 4. The molecule has 25 heavy (non-hydrogen) atoms. The second kappa shape index (κ2) is 8.00. The first-order chi connectivity index (χ1) is 11.4. The van der Waals surface area contributed by atoms with Crippen LogP contribution in [0.15, 0.2) is 89.8 Å². The summed E-state index contributed by atoms with van der Waals surface area (Å²) in [6, 6.07) is 23.5. The van der Waals surface area contributed by atoms with E-state index < -0.39 is 17.3 Å². The van der Waals surface area contributed by atoms with Gasteiger partial charge < -0.3 is 4.57 Å². The van der Waals surface area contributed by atoms with Gasteiger partial charge in [0.25, 0.3) is 10.1 Å². The summed E-state index contributed by atoms with van der Waals surface area (Å²) >= 11 is 0. The van der Waals surface area contributed by atoms with Crippen LogP contribution in [0.25, 0.3) is 0 Å². The summed E-state index contributed by atoms with van der Waals surface area (Å²) in [5.41, 5.74) is 0. The Hall–Kier alpha value is -1.20. The molecule has 0 saturated heterocycles. The van der Waals surface area contributed by atoms with E-state index >= 15 is 0 Å². The van der Waals surface area contributed by atoms with Crippen LogP contribution in [0.2, 0.25) is 0 Å². The van der Waals surface area contributed by atoms with Crippen LogP contribution in [0, 0.1) is 0 Å². The van der Waals surface area contributed by atoms with Crippen molar-refractivity contribution in [2.75, 3.05) is 0 Å². The van der Waals surface area contributed by atoms with E-state index in [2.05, 4.69) is 0 Å². The van der Waals surface area contributed by atoms with E-state index in [1.54, 1.807) is 54.6 Å². The average molecular weight is 382 g/mol. The maximum absolute atomic E-state index is 14.0. The Bertz CT molecular complexity index is 962. The van der Waals surface area contributed by atoms with Gasteiger partial charge in [0.1, 0.15) is 0 Å². The predicted molar refractivity (Wildman–Crippen MR) is 103 cm³/mol. The van der Waals surface area contributed by atoms with Crippen LogP contribution in [0.5, 0.6) is 0 Å². The van der Waals surface area contributed by atoms with Crippen LogP contribution in [0.1, 0.15) is 0 Å². The van der Waals surface area contributed by atoms with Crippen LogP contribution >= 0.6 is 7.14 Å². The molecule has 0 atom stereocenters. The monoisotopic (exact) mass is 382 g/mol. The summed E-state index contributed by atoms with van der Waals surface area (Å²) in [5.74, 6) is 0. The molecular weight excluding hydrogens is 366 g/mol. The molecule has 0 radical (unpaired) electrons. The van der Waals surface area contributed by atoms with Gasteiger partial charge in [-0.3, -0.25) is 4.55 Å². The van der Waals surface area contributed by atoms with Crippen LogP contribution in [-0.2, 0) is 14.7 Å². The molecule has 3 rings (SSSR count). The zero-order valence-electron chi connectivity index (χ0n) is 12.6. The van der Waals surface area contributed by atoms with Gasteiger partial charge in [0, 0.05) is 15.9 Å². The zero-order valence-corrected chi connectivity index (χ0v) is 14.3. The van der Waals surface area contributed by atoms with Gasteiger partial charge in [0.15, 0.2) is 7.14 Å². The summed E-state index contributed by atoms with van der Waals surface area (Å²) in [6.07, 6.45) is 0. The Morgan fingerprint density at radius 1 is 0.680 bits per heavy atom. The van der Waals surface area contributed by atoms with Crippen molar-refractivity contribution in [2.45, 2.75) is 4.90 Å². The molecule has 124 valence electrons. The second-order valence-electron chi connectivity index (χ2n) is 5.25. The Morgan fingerprint density at radius 2 is 1.12 bits per heavy atom. The van der Waals surface area contributed by atoms with E-state index in [9.17, 15) is 17.5 Å². The van der Waals surface area contributed by atoms with Crippen molar-refractivity contribution in [1.82, 2.24) is 0 Å². The van der Waals surface area contributed by atoms with Crippen molar-refractivity contribution in [3.8, 4) is 0 Å². The van der Waals surface area contributed by atoms with E-state index in [1.165, 1.54) is 18.2 Å². The quantitative estimate of drug-likeness (QED) is 0.425. The Morgan fingerprint density at radius 3 is 1.56 bits per heavy atom. The van der Waals surface area contributed by atoms with Gasteiger partial charge in [-0.25, -0.2) is 0 Å². The molecule has 3 aromatic rings. The normalized spacial score (nSPS) is 11.6. The topological polar surface area (TPSA) is 71.4 Å². The molecule has 0 aliphatic carbocycles. The molecule has 0 unspecified atom stereocenters. The SMILES string of the molecule is O=P(c1ccccc1)(c1ccccc1)c1cccc(S(=O)(=O)O)c1.[NaH]. The third kappa shape index (κ3) is 4.14. The first-order valence-electron chi connectivity index (χ1n) is 7.22. The van der Waals surface area contributed by atoms with Gasteiger partial charge in [0.05, 0.1) is 4.90 Å².